The average Bonchev–Trinajstić information content (AvgIpc) is 2.27. The maximum absolute atomic E-state index is 9.55. The molecule has 0 rings (SSSR count). The standard InChI is InChI=1S/C12H27NO4/c1-10(2)17-5-4-16-9-12(15)7-13-6-11(3)8-14/h10-15H,4-9H2,1-3H3. The van der Waals surface area contributed by atoms with Crippen LogP contribution in [0.25, 0.3) is 0 Å². The van der Waals surface area contributed by atoms with Gasteiger partial charge in [0.2, 0.25) is 0 Å². The van der Waals surface area contributed by atoms with Gasteiger partial charge in [0.05, 0.1) is 32.0 Å². The minimum atomic E-state index is -0.514. The van der Waals surface area contributed by atoms with Gasteiger partial charge in [-0.2, -0.15) is 0 Å². The number of hydrogen-bond donors (Lipinski definition) is 3. The van der Waals surface area contributed by atoms with E-state index in [2.05, 4.69) is 5.32 Å². The van der Waals surface area contributed by atoms with E-state index in [0.29, 0.717) is 32.9 Å². The molecule has 0 spiro atoms. The molecule has 3 N–H and O–H groups in total. The fourth-order valence-electron chi connectivity index (χ4n) is 1.18. The number of aliphatic hydroxyl groups is 2. The highest BCUT2D eigenvalue weighted by Crippen LogP contribution is 1.91. The zero-order valence-electron chi connectivity index (χ0n) is 11.2. The number of nitrogens with one attached hydrogen (secondary N) is 1. The van der Waals surface area contributed by atoms with E-state index in [1.165, 1.54) is 0 Å². The van der Waals surface area contributed by atoms with Crippen molar-refractivity contribution in [2.45, 2.75) is 33.0 Å². The van der Waals surface area contributed by atoms with Gasteiger partial charge in [0.25, 0.3) is 0 Å². The maximum atomic E-state index is 9.55. The van der Waals surface area contributed by atoms with E-state index < -0.39 is 6.10 Å². The molecule has 5 heteroatoms. The van der Waals surface area contributed by atoms with Gasteiger partial charge in [-0.25, -0.2) is 0 Å². The summed E-state index contributed by atoms with van der Waals surface area (Å²) >= 11 is 0. The Balaban J connectivity index is 3.26. The Kier molecular flexibility index (Phi) is 10.8. The van der Waals surface area contributed by atoms with Crippen LogP contribution in [0.1, 0.15) is 20.8 Å². The van der Waals surface area contributed by atoms with Crippen molar-refractivity contribution in [3.05, 3.63) is 0 Å². The smallest absolute Gasteiger partial charge is 0.0897 e. The fourth-order valence-corrected chi connectivity index (χ4v) is 1.18. The van der Waals surface area contributed by atoms with E-state index in [1.54, 1.807) is 0 Å². The molecule has 0 fully saturated rings. The molecule has 0 saturated heterocycles. The molecular weight excluding hydrogens is 222 g/mol. The van der Waals surface area contributed by atoms with Crippen LogP contribution in [0.5, 0.6) is 0 Å². The van der Waals surface area contributed by atoms with Crippen LogP contribution in [0.15, 0.2) is 0 Å². The minimum Gasteiger partial charge on any atom is -0.396 e. The van der Waals surface area contributed by atoms with Crippen LogP contribution in [-0.2, 0) is 9.47 Å². The summed E-state index contributed by atoms with van der Waals surface area (Å²) in [6.45, 7) is 8.59. The second-order valence-electron chi connectivity index (χ2n) is 4.59. The number of ether oxygens (including phenoxy) is 2. The second kappa shape index (κ2) is 10.9. The zero-order chi connectivity index (χ0) is 13.1. The van der Waals surface area contributed by atoms with Crippen molar-refractivity contribution in [2.75, 3.05) is 39.5 Å². The Bertz CT molecular complexity index is 167. The first-order valence-electron chi connectivity index (χ1n) is 6.25. The van der Waals surface area contributed by atoms with Gasteiger partial charge in [0, 0.05) is 13.2 Å². The lowest BCUT2D eigenvalue weighted by Crippen LogP contribution is -2.34. The summed E-state index contributed by atoms with van der Waals surface area (Å²) in [5.41, 5.74) is 0. The predicted octanol–water partition coefficient (Wildman–Crippen LogP) is 0.00690. The van der Waals surface area contributed by atoms with Gasteiger partial charge in [-0.1, -0.05) is 6.92 Å². The Labute approximate surface area is 104 Å². The Hall–Kier alpha value is -0.200. The molecule has 0 bridgehead atoms. The Morgan fingerprint density at radius 2 is 1.82 bits per heavy atom. The van der Waals surface area contributed by atoms with E-state index in [-0.39, 0.29) is 18.6 Å². The second-order valence-corrected chi connectivity index (χ2v) is 4.59. The summed E-state index contributed by atoms with van der Waals surface area (Å²) in [7, 11) is 0. The van der Waals surface area contributed by atoms with E-state index in [0.717, 1.165) is 0 Å². The summed E-state index contributed by atoms with van der Waals surface area (Å²) in [6.07, 6.45) is -0.301. The highest BCUT2D eigenvalue weighted by molar-refractivity contribution is 4.61. The molecule has 0 aliphatic heterocycles. The van der Waals surface area contributed by atoms with Crippen LogP contribution in [0, 0.1) is 5.92 Å². The number of aliphatic hydroxyl groups excluding tert-OH is 2. The van der Waals surface area contributed by atoms with Crippen LogP contribution in [0.3, 0.4) is 0 Å². The lowest BCUT2D eigenvalue weighted by atomic mass is 10.2. The normalized spacial score (nSPS) is 15.2. The highest BCUT2D eigenvalue weighted by Gasteiger charge is 2.05. The van der Waals surface area contributed by atoms with Crippen LogP contribution < -0.4 is 5.32 Å². The van der Waals surface area contributed by atoms with Crippen molar-refractivity contribution in [3.8, 4) is 0 Å². The summed E-state index contributed by atoms with van der Waals surface area (Å²) in [4.78, 5) is 0. The molecule has 2 atom stereocenters. The monoisotopic (exact) mass is 249 g/mol. The zero-order valence-corrected chi connectivity index (χ0v) is 11.2. The van der Waals surface area contributed by atoms with Crippen molar-refractivity contribution in [2.24, 2.45) is 5.92 Å². The van der Waals surface area contributed by atoms with E-state index in [1.807, 2.05) is 20.8 Å². The van der Waals surface area contributed by atoms with Gasteiger partial charge < -0.3 is 25.0 Å². The van der Waals surface area contributed by atoms with Gasteiger partial charge in [0.1, 0.15) is 0 Å². The van der Waals surface area contributed by atoms with Gasteiger partial charge in [-0.05, 0) is 26.3 Å². The van der Waals surface area contributed by atoms with Crippen molar-refractivity contribution in [1.82, 2.24) is 5.32 Å². The lowest BCUT2D eigenvalue weighted by molar-refractivity contribution is -0.0101. The molecule has 0 heterocycles. The molecule has 0 radical (unpaired) electrons. The molecule has 5 nitrogen and oxygen atoms in total. The molecular formula is C12H27NO4. The summed E-state index contributed by atoms with van der Waals surface area (Å²) in [6, 6.07) is 0. The molecule has 0 aromatic heterocycles. The third-order valence-corrected chi connectivity index (χ3v) is 2.17. The van der Waals surface area contributed by atoms with E-state index >= 15 is 0 Å². The summed E-state index contributed by atoms with van der Waals surface area (Å²) < 4.78 is 10.6. The Morgan fingerprint density at radius 3 is 2.41 bits per heavy atom. The molecule has 0 aliphatic rings. The minimum absolute atomic E-state index is 0.159. The molecule has 0 amide bonds. The van der Waals surface area contributed by atoms with Crippen LogP contribution in [-0.4, -0.2) is 61.9 Å². The highest BCUT2D eigenvalue weighted by atomic mass is 16.5. The molecule has 104 valence electrons. The molecule has 2 unspecified atom stereocenters. The van der Waals surface area contributed by atoms with Crippen LogP contribution in [0.2, 0.25) is 0 Å². The molecule has 0 saturated carbocycles. The maximum Gasteiger partial charge on any atom is 0.0897 e. The first-order chi connectivity index (χ1) is 8.06. The van der Waals surface area contributed by atoms with Gasteiger partial charge in [0.15, 0.2) is 0 Å². The lowest BCUT2D eigenvalue weighted by Gasteiger charge is -2.14. The first kappa shape index (κ1) is 16.8. The topological polar surface area (TPSA) is 71.0 Å². The van der Waals surface area contributed by atoms with Gasteiger partial charge in [-0.3, -0.25) is 0 Å². The fraction of sp³-hybridized carbons (Fsp3) is 1.00. The first-order valence-corrected chi connectivity index (χ1v) is 6.25. The van der Waals surface area contributed by atoms with Crippen LogP contribution >= 0.6 is 0 Å². The number of rotatable bonds is 11. The number of hydrogen-bond acceptors (Lipinski definition) is 5. The van der Waals surface area contributed by atoms with Crippen LogP contribution in [0.4, 0.5) is 0 Å². The largest absolute Gasteiger partial charge is 0.396 e. The third kappa shape index (κ3) is 12.1. The SMILES string of the molecule is CC(CO)CNCC(O)COCCOC(C)C. The molecule has 0 aromatic rings. The molecule has 0 aliphatic carbocycles. The van der Waals surface area contributed by atoms with Gasteiger partial charge in [-0.15, -0.1) is 0 Å². The van der Waals surface area contributed by atoms with Crippen molar-refractivity contribution >= 4 is 0 Å². The quantitative estimate of drug-likeness (QED) is 0.450. The average molecular weight is 249 g/mol. The third-order valence-electron chi connectivity index (χ3n) is 2.17. The van der Waals surface area contributed by atoms with Gasteiger partial charge >= 0.3 is 0 Å². The summed E-state index contributed by atoms with van der Waals surface area (Å²) in [5.74, 6) is 0.211. The van der Waals surface area contributed by atoms with Crippen molar-refractivity contribution in [3.63, 3.8) is 0 Å². The Morgan fingerprint density at radius 1 is 1.12 bits per heavy atom. The van der Waals surface area contributed by atoms with Crippen molar-refractivity contribution < 1.29 is 19.7 Å². The predicted molar refractivity (Wildman–Crippen MR) is 67.0 cm³/mol. The van der Waals surface area contributed by atoms with Crippen molar-refractivity contribution in [1.29, 1.82) is 0 Å². The summed E-state index contributed by atoms with van der Waals surface area (Å²) in [5, 5.41) is 21.4. The van der Waals surface area contributed by atoms with E-state index in [9.17, 15) is 5.11 Å². The van der Waals surface area contributed by atoms with E-state index in [4.69, 9.17) is 14.6 Å². The molecule has 17 heavy (non-hydrogen) atoms. The molecule has 0 aromatic carbocycles.